The summed E-state index contributed by atoms with van der Waals surface area (Å²) in [6.45, 7) is -1.44. The molecule has 5 nitrogen and oxygen atoms in total. The van der Waals surface area contributed by atoms with Crippen molar-refractivity contribution in [2.24, 2.45) is 0 Å². The predicted molar refractivity (Wildman–Crippen MR) is 94.8 cm³/mol. The summed E-state index contributed by atoms with van der Waals surface area (Å²) in [5.74, 6) is -0.579. The molecule has 0 spiro atoms. The number of anilines is 1. The number of rotatable bonds is 7. The van der Waals surface area contributed by atoms with Crippen LogP contribution in [0.15, 0.2) is 48.5 Å². The minimum Gasteiger partial charge on any atom is -0.497 e. The molecule has 2 aromatic carbocycles. The van der Waals surface area contributed by atoms with Crippen molar-refractivity contribution in [3.05, 3.63) is 59.7 Å². The molecular weight excluding hydrogens is 361 g/mol. The van der Waals surface area contributed by atoms with Gasteiger partial charge in [0.1, 0.15) is 12.3 Å². The monoisotopic (exact) mass is 380 g/mol. The molecule has 2 aromatic rings. The van der Waals surface area contributed by atoms with Crippen LogP contribution < -0.4 is 15.4 Å². The van der Waals surface area contributed by atoms with Crippen LogP contribution in [0.5, 0.6) is 5.75 Å². The van der Waals surface area contributed by atoms with Crippen LogP contribution in [0.1, 0.15) is 22.3 Å². The lowest BCUT2D eigenvalue weighted by atomic mass is 10.1. The highest BCUT2D eigenvalue weighted by Gasteiger charge is 2.28. The Bertz CT molecular complexity index is 807. The van der Waals surface area contributed by atoms with E-state index >= 15 is 0 Å². The first-order valence-electron chi connectivity index (χ1n) is 8.15. The van der Waals surface area contributed by atoms with E-state index in [4.69, 9.17) is 4.74 Å². The second-order valence-electron chi connectivity index (χ2n) is 5.74. The number of nitrogens with one attached hydrogen (secondary N) is 2. The molecule has 0 fully saturated rings. The van der Waals surface area contributed by atoms with Gasteiger partial charge in [0.15, 0.2) is 0 Å². The Hall–Kier alpha value is -3.03. The second kappa shape index (κ2) is 9.07. The van der Waals surface area contributed by atoms with Crippen LogP contribution in [0.2, 0.25) is 0 Å². The van der Waals surface area contributed by atoms with Crippen molar-refractivity contribution in [1.82, 2.24) is 5.32 Å². The second-order valence-corrected chi connectivity index (χ2v) is 5.74. The fourth-order valence-corrected chi connectivity index (χ4v) is 2.36. The first kappa shape index (κ1) is 20.3. The first-order chi connectivity index (χ1) is 12.8. The molecule has 0 heterocycles. The Morgan fingerprint density at radius 1 is 1.07 bits per heavy atom. The molecule has 0 unspecified atom stereocenters. The molecular formula is C19H19F3N2O3. The third-order valence-corrected chi connectivity index (χ3v) is 3.67. The number of methoxy groups -OCH3 is 1. The van der Waals surface area contributed by atoms with E-state index in [1.54, 1.807) is 24.6 Å². The predicted octanol–water partition coefficient (Wildman–Crippen LogP) is 3.56. The third-order valence-electron chi connectivity index (χ3n) is 3.67. The summed E-state index contributed by atoms with van der Waals surface area (Å²) in [6.07, 6.45) is -3.91. The van der Waals surface area contributed by atoms with Gasteiger partial charge in [0.2, 0.25) is 5.91 Å². The molecule has 0 aliphatic heterocycles. The van der Waals surface area contributed by atoms with E-state index in [2.05, 4.69) is 5.32 Å². The zero-order valence-electron chi connectivity index (χ0n) is 14.6. The highest BCUT2D eigenvalue weighted by atomic mass is 19.4. The van der Waals surface area contributed by atoms with Gasteiger partial charge in [-0.05, 0) is 36.2 Å². The number of amides is 2. The van der Waals surface area contributed by atoms with Gasteiger partial charge in [-0.15, -0.1) is 0 Å². The molecule has 0 aromatic heterocycles. The summed E-state index contributed by atoms with van der Waals surface area (Å²) in [5, 5.41) is 4.37. The smallest absolute Gasteiger partial charge is 0.405 e. The number of aryl methyl sites for hydroxylation is 1. The average Bonchev–Trinajstić information content (AvgIpc) is 2.64. The van der Waals surface area contributed by atoms with Crippen LogP contribution in [-0.2, 0) is 11.2 Å². The summed E-state index contributed by atoms with van der Waals surface area (Å²) in [4.78, 5) is 24.1. The van der Waals surface area contributed by atoms with E-state index in [1.165, 1.54) is 18.2 Å². The third kappa shape index (κ3) is 6.65. The Kier molecular flexibility index (Phi) is 6.81. The summed E-state index contributed by atoms with van der Waals surface area (Å²) in [5.41, 5.74) is 1.03. The normalized spacial score (nSPS) is 11.0. The number of benzene rings is 2. The molecule has 2 rings (SSSR count). The zero-order valence-corrected chi connectivity index (χ0v) is 14.6. The van der Waals surface area contributed by atoms with E-state index in [9.17, 15) is 22.8 Å². The van der Waals surface area contributed by atoms with Crippen molar-refractivity contribution in [3.8, 4) is 5.75 Å². The number of ether oxygens (including phenoxy) is 1. The topological polar surface area (TPSA) is 67.4 Å². The molecule has 0 aliphatic rings. The van der Waals surface area contributed by atoms with E-state index < -0.39 is 18.6 Å². The number of halogens is 3. The highest BCUT2D eigenvalue weighted by molar-refractivity contribution is 6.03. The average molecular weight is 380 g/mol. The number of hydrogen-bond acceptors (Lipinski definition) is 3. The maximum absolute atomic E-state index is 12.3. The minimum absolute atomic E-state index is 0.0310. The molecule has 27 heavy (non-hydrogen) atoms. The highest BCUT2D eigenvalue weighted by Crippen LogP contribution is 2.18. The number of carbonyl (C=O) groups excluding carboxylic acids is 2. The van der Waals surface area contributed by atoms with Crippen LogP contribution in [0, 0.1) is 0 Å². The molecule has 2 N–H and O–H groups in total. The lowest BCUT2D eigenvalue weighted by Gasteiger charge is -2.12. The van der Waals surface area contributed by atoms with Gasteiger partial charge in [0.05, 0.1) is 18.4 Å². The molecule has 0 aliphatic carbocycles. The Morgan fingerprint density at radius 3 is 2.52 bits per heavy atom. The van der Waals surface area contributed by atoms with E-state index in [-0.39, 0.29) is 23.6 Å². The maximum Gasteiger partial charge on any atom is 0.405 e. The lowest BCUT2D eigenvalue weighted by molar-refractivity contribution is -0.123. The lowest BCUT2D eigenvalue weighted by Crippen LogP contribution is -2.34. The Balaban J connectivity index is 1.98. The van der Waals surface area contributed by atoms with Crippen LogP contribution in [0.4, 0.5) is 18.9 Å². The largest absolute Gasteiger partial charge is 0.497 e. The molecule has 0 bridgehead atoms. The maximum atomic E-state index is 12.3. The van der Waals surface area contributed by atoms with Crippen molar-refractivity contribution < 1.29 is 27.5 Å². The Labute approximate surface area is 154 Å². The van der Waals surface area contributed by atoms with Gasteiger partial charge in [-0.25, -0.2) is 0 Å². The van der Waals surface area contributed by atoms with Gasteiger partial charge >= 0.3 is 6.18 Å². The van der Waals surface area contributed by atoms with Crippen molar-refractivity contribution in [1.29, 1.82) is 0 Å². The first-order valence-corrected chi connectivity index (χ1v) is 8.15. The van der Waals surface area contributed by atoms with Gasteiger partial charge in [-0.2, -0.15) is 13.2 Å². The van der Waals surface area contributed by atoms with Crippen LogP contribution >= 0.6 is 0 Å². The van der Waals surface area contributed by atoms with Gasteiger partial charge < -0.3 is 15.4 Å². The number of carbonyl (C=O) groups is 2. The molecule has 0 atom stereocenters. The summed E-state index contributed by atoms with van der Waals surface area (Å²) in [7, 11) is 1.55. The molecule has 2 amide bonds. The standard InChI is InChI=1S/C19H19F3N2O3/c1-27-14-6-4-5-13(11-14)9-10-17(25)24-16-8-3-2-7-15(16)18(26)23-12-19(20,21)22/h2-8,11H,9-10,12H2,1H3,(H,23,26)(H,24,25). The number of hydrogen-bond donors (Lipinski definition) is 2. The summed E-state index contributed by atoms with van der Waals surface area (Å²) < 4.78 is 41.9. The van der Waals surface area contributed by atoms with E-state index in [0.29, 0.717) is 12.2 Å². The fourth-order valence-electron chi connectivity index (χ4n) is 2.36. The van der Waals surface area contributed by atoms with Crippen LogP contribution in [-0.4, -0.2) is 31.6 Å². The van der Waals surface area contributed by atoms with E-state index in [1.807, 2.05) is 18.2 Å². The quantitative estimate of drug-likeness (QED) is 0.772. The fraction of sp³-hybridized carbons (Fsp3) is 0.263. The van der Waals surface area contributed by atoms with Gasteiger partial charge in [-0.1, -0.05) is 24.3 Å². The molecule has 0 radical (unpaired) electrons. The van der Waals surface area contributed by atoms with Crippen LogP contribution in [0.3, 0.4) is 0 Å². The van der Waals surface area contributed by atoms with Crippen molar-refractivity contribution >= 4 is 17.5 Å². The molecule has 8 heteroatoms. The molecule has 144 valence electrons. The van der Waals surface area contributed by atoms with Gasteiger partial charge in [0.25, 0.3) is 5.91 Å². The van der Waals surface area contributed by atoms with Crippen molar-refractivity contribution in [2.45, 2.75) is 19.0 Å². The van der Waals surface area contributed by atoms with E-state index in [0.717, 1.165) is 5.56 Å². The Morgan fingerprint density at radius 2 is 1.81 bits per heavy atom. The van der Waals surface area contributed by atoms with Gasteiger partial charge in [0, 0.05) is 6.42 Å². The summed E-state index contributed by atoms with van der Waals surface area (Å²) in [6, 6.07) is 13.2. The van der Waals surface area contributed by atoms with Crippen molar-refractivity contribution in [3.63, 3.8) is 0 Å². The number of para-hydroxylation sites is 1. The van der Waals surface area contributed by atoms with Gasteiger partial charge in [-0.3, -0.25) is 9.59 Å². The van der Waals surface area contributed by atoms with Crippen LogP contribution in [0.25, 0.3) is 0 Å². The zero-order chi connectivity index (χ0) is 19.9. The molecule has 0 saturated heterocycles. The molecule has 0 saturated carbocycles. The summed E-state index contributed by atoms with van der Waals surface area (Å²) >= 11 is 0. The number of alkyl halides is 3. The minimum atomic E-state index is -4.51. The van der Waals surface area contributed by atoms with Crippen molar-refractivity contribution in [2.75, 3.05) is 19.0 Å². The SMILES string of the molecule is COc1cccc(CCC(=O)Nc2ccccc2C(=O)NCC(F)(F)F)c1.